The molecule has 31 heavy (non-hydrogen) atoms. The minimum absolute atomic E-state index is 0.142. The molecule has 0 saturated carbocycles. The molecular weight excluding hydrogens is 447 g/mol. The summed E-state index contributed by atoms with van der Waals surface area (Å²) < 4.78 is 48.3. The Morgan fingerprint density at radius 1 is 1.13 bits per heavy atom. The third-order valence-corrected chi connectivity index (χ3v) is 6.85. The number of nitrogens with zero attached hydrogens (tertiary/aromatic N) is 1. The minimum atomic E-state index is -4.35. The maximum atomic E-state index is 12.8. The van der Waals surface area contributed by atoms with Crippen molar-refractivity contribution in [2.24, 2.45) is 0 Å². The number of carbonyl (C=O) groups excluding carboxylic acids is 1. The number of alkyl halides is 3. The molecule has 0 saturated heterocycles. The molecule has 0 aliphatic rings. The maximum absolute atomic E-state index is 12.8. The minimum Gasteiger partial charge on any atom is -0.482 e. The summed E-state index contributed by atoms with van der Waals surface area (Å²) in [6.07, 6.45) is -4.35. The molecule has 2 aromatic carbocycles. The van der Waals surface area contributed by atoms with E-state index >= 15 is 0 Å². The normalized spacial score (nSPS) is 11.4. The highest BCUT2D eigenvalue weighted by atomic mass is 32.2. The Morgan fingerprint density at radius 3 is 2.45 bits per heavy atom. The maximum Gasteiger partial charge on any atom is 0.416 e. The Hall–Kier alpha value is -2.52. The number of esters is 1. The molecule has 0 unspecified atom stereocenters. The Labute approximate surface area is 186 Å². The van der Waals surface area contributed by atoms with Crippen molar-refractivity contribution in [3.05, 3.63) is 64.2 Å². The average molecular weight is 468 g/mol. The third-order valence-electron chi connectivity index (χ3n) is 4.44. The molecular formula is C22H20F3NO3S2. The number of aryl methyl sites for hydroxylation is 2. The van der Waals surface area contributed by atoms with Crippen LogP contribution in [0.15, 0.2) is 47.4 Å². The lowest BCUT2D eigenvalue weighted by molar-refractivity contribution is -0.143. The van der Waals surface area contributed by atoms with Crippen LogP contribution < -0.4 is 4.74 Å². The number of thiazole rings is 1. The van der Waals surface area contributed by atoms with Crippen molar-refractivity contribution in [3.63, 3.8) is 0 Å². The third kappa shape index (κ3) is 6.01. The fraction of sp³-hybridized carbons (Fsp3) is 0.273. The summed E-state index contributed by atoms with van der Waals surface area (Å²) in [6, 6.07) is 10.8. The molecule has 0 N–H and O–H groups in total. The molecule has 0 spiro atoms. The Bertz CT molecular complexity index is 1060. The Balaban J connectivity index is 1.66. The van der Waals surface area contributed by atoms with Crippen LogP contribution in [0.1, 0.15) is 21.7 Å². The monoisotopic (exact) mass is 467 g/mol. The van der Waals surface area contributed by atoms with Crippen molar-refractivity contribution in [3.8, 4) is 16.3 Å². The van der Waals surface area contributed by atoms with Gasteiger partial charge in [0, 0.05) is 21.1 Å². The van der Waals surface area contributed by atoms with Gasteiger partial charge in [-0.2, -0.15) is 13.2 Å². The van der Waals surface area contributed by atoms with Gasteiger partial charge in [-0.05, 0) is 49.7 Å². The average Bonchev–Trinajstić information content (AvgIpc) is 3.11. The van der Waals surface area contributed by atoms with Crippen LogP contribution in [0, 0.1) is 13.8 Å². The summed E-state index contributed by atoms with van der Waals surface area (Å²) >= 11 is 3.11. The molecule has 9 heteroatoms. The molecule has 1 heterocycles. The van der Waals surface area contributed by atoms with Crippen LogP contribution in [0.25, 0.3) is 10.6 Å². The van der Waals surface area contributed by atoms with E-state index in [0.29, 0.717) is 22.1 Å². The predicted molar refractivity (Wildman–Crippen MR) is 116 cm³/mol. The number of hydrogen-bond acceptors (Lipinski definition) is 6. The molecule has 164 valence electrons. The van der Waals surface area contributed by atoms with Crippen LogP contribution >= 0.6 is 23.1 Å². The van der Waals surface area contributed by atoms with Gasteiger partial charge in [0.1, 0.15) is 10.8 Å². The van der Waals surface area contributed by atoms with Gasteiger partial charge in [0.15, 0.2) is 6.61 Å². The number of hydrogen-bond donors (Lipinski definition) is 0. The van der Waals surface area contributed by atoms with E-state index in [0.717, 1.165) is 33.2 Å². The van der Waals surface area contributed by atoms with Crippen molar-refractivity contribution in [2.75, 3.05) is 13.7 Å². The lowest BCUT2D eigenvalue weighted by Crippen LogP contribution is -2.12. The molecule has 0 radical (unpaired) electrons. The van der Waals surface area contributed by atoms with E-state index in [1.54, 1.807) is 11.8 Å². The van der Waals surface area contributed by atoms with Crippen molar-refractivity contribution < 1.29 is 27.4 Å². The molecule has 4 nitrogen and oxygen atoms in total. The summed E-state index contributed by atoms with van der Waals surface area (Å²) in [5.41, 5.74) is 1.76. The van der Waals surface area contributed by atoms with Gasteiger partial charge in [0.05, 0.1) is 18.4 Å². The van der Waals surface area contributed by atoms with E-state index in [1.165, 1.54) is 30.6 Å². The zero-order chi connectivity index (χ0) is 22.6. The SMILES string of the molecule is COC(=O)COc1ccc(SCc2sc(-c3ccc(C(F)(F)F)cc3)nc2C)cc1C. The number of halogens is 3. The largest absolute Gasteiger partial charge is 0.482 e. The lowest BCUT2D eigenvalue weighted by atomic mass is 10.1. The summed E-state index contributed by atoms with van der Waals surface area (Å²) in [4.78, 5) is 17.8. The molecule has 0 atom stereocenters. The number of aromatic nitrogens is 1. The smallest absolute Gasteiger partial charge is 0.416 e. The molecule has 0 bridgehead atoms. The van der Waals surface area contributed by atoms with Crippen molar-refractivity contribution in [2.45, 2.75) is 30.7 Å². The second-order valence-corrected chi connectivity index (χ2v) is 8.82. The molecule has 1 aromatic heterocycles. The first kappa shape index (κ1) is 23.1. The fourth-order valence-electron chi connectivity index (χ4n) is 2.71. The topological polar surface area (TPSA) is 48.4 Å². The van der Waals surface area contributed by atoms with Crippen LogP contribution in [0.2, 0.25) is 0 Å². The van der Waals surface area contributed by atoms with E-state index in [2.05, 4.69) is 9.72 Å². The number of thioether (sulfide) groups is 1. The number of rotatable bonds is 7. The van der Waals surface area contributed by atoms with Gasteiger partial charge in [-0.1, -0.05) is 12.1 Å². The van der Waals surface area contributed by atoms with Gasteiger partial charge in [-0.15, -0.1) is 23.1 Å². The highest BCUT2D eigenvalue weighted by Crippen LogP contribution is 2.35. The van der Waals surface area contributed by atoms with Crippen LogP contribution in [0.3, 0.4) is 0 Å². The second-order valence-electron chi connectivity index (χ2n) is 6.68. The summed E-state index contributed by atoms with van der Waals surface area (Å²) in [5.74, 6) is 0.863. The van der Waals surface area contributed by atoms with E-state index in [4.69, 9.17) is 4.74 Å². The van der Waals surface area contributed by atoms with Crippen molar-refractivity contribution in [1.29, 1.82) is 0 Å². The van der Waals surface area contributed by atoms with Crippen molar-refractivity contribution in [1.82, 2.24) is 4.98 Å². The first-order valence-corrected chi connectivity index (χ1v) is 11.0. The zero-order valence-corrected chi connectivity index (χ0v) is 18.7. The molecule has 0 aliphatic heterocycles. The van der Waals surface area contributed by atoms with Crippen LogP contribution in [-0.2, 0) is 21.5 Å². The van der Waals surface area contributed by atoms with Crippen LogP contribution in [0.5, 0.6) is 5.75 Å². The Morgan fingerprint density at radius 2 is 1.84 bits per heavy atom. The molecule has 3 rings (SSSR count). The summed E-state index contributed by atoms with van der Waals surface area (Å²) in [5, 5.41) is 0.699. The van der Waals surface area contributed by atoms with E-state index < -0.39 is 17.7 Å². The van der Waals surface area contributed by atoms with E-state index in [-0.39, 0.29) is 6.61 Å². The molecule has 3 aromatic rings. The zero-order valence-electron chi connectivity index (χ0n) is 17.1. The standard InChI is InChI=1S/C22H20F3NO3S2/c1-13-10-17(8-9-18(13)29-11-20(27)28-3)30-12-19-14(2)26-21(31-19)15-4-6-16(7-5-15)22(23,24)25/h4-10H,11-12H2,1-3H3. The summed E-state index contributed by atoms with van der Waals surface area (Å²) in [6.45, 7) is 3.66. The van der Waals surface area contributed by atoms with Crippen LogP contribution in [0.4, 0.5) is 13.2 Å². The highest BCUT2D eigenvalue weighted by molar-refractivity contribution is 7.98. The number of methoxy groups -OCH3 is 1. The van der Waals surface area contributed by atoms with Gasteiger partial charge < -0.3 is 9.47 Å². The van der Waals surface area contributed by atoms with Gasteiger partial charge in [-0.3, -0.25) is 0 Å². The molecule has 0 amide bonds. The van der Waals surface area contributed by atoms with Gasteiger partial charge >= 0.3 is 12.1 Å². The van der Waals surface area contributed by atoms with E-state index in [1.807, 2.05) is 32.0 Å². The lowest BCUT2D eigenvalue weighted by Gasteiger charge is -2.09. The first-order chi connectivity index (χ1) is 14.7. The first-order valence-electron chi connectivity index (χ1n) is 9.24. The Kier molecular flexibility index (Phi) is 7.27. The van der Waals surface area contributed by atoms with Crippen LogP contribution in [-0.4, -0.2) is 24.7 Å². The second kappa shape index (κ2) is 9.74. The fourth-order valence-corrected chi connectivity index (χ4v) is 4.91. The quantitative estimate of drug-likeness (QED) is 0.302. The summed E-state index contributed by atoms with van der Waals surface area (Å²) in [7, 11) is 1.31. The van der Waals surface area contributed by atoms with Gasteiger partial charge in [0.25, 0.3) is 0 Å². The number of ether oxygens (including phenoxy) is 2. The van der Waals surface area contributed by atoms with Gasteiger partial charge in [-0.25, -0.2) is 9.78 Å². The number of carbonyl (C=O) groups is 1. The molecule has 0 fully saturated rings. The highest BCUT2D eigenvalue weighted by Gasteiger charge is 2.30. The van der Waals surface area contributed by atoms with E-state index in [9.17, 15) is 18.0 Å². The van der Waals surface area contributed by atoms with Crippen molar-refractivity contribution >= 4 is 29.1 Å². The molecule has 0 aliphatic carbocycles. The number of benzene rings is 2. The van der Waals surface area contributed by atoms with Gasteiger partial charge in [0.2, 0.25) is 0 Å². The predicted octanol–water partition coefficient (Wildman–Crippen LogP) is 6.29.